The van der Waals surface area contributed by atoms with Gasteiger partial charge in [-0.15, -0.1) is 0 Å². The average molecular weight is 272 g/mol. The minimum absolute atomic E-state index is 0.202. The Hall–Kier alpha value is -2.35. The van der Waals surface area contributed by atoms with Crippen molar-refractivity contribution in [2.45, 2.75) is 13.8 Å². The molecular weight excluding hydrogens is 256 g/mol. The van der Waals surface area contributed by atoms with Gasteiger partial charge in [0.15, 0.2) is 0 Å². The van der Waals surface area contributed by atoms with Crippen molar-refractivity contribution in [3.8, 4) is 6.07 Å². The molecule has 20 heavy (non-hydrogen) atoms. The van der Waals surface area contributed by atoms with Gasteiger partial charge in [-0.05, 0) is 29.7 Å². The first-order chi connectivity index (χ1) is 9.30. The lowest BCUT2D eigenvalue weighted by Gasteiger charge is -2.18. The number of nitriles is 1. The second-order valence-electron chi connectivity index (χ2n) is 5.67. The van der Waals surface area contributed by atoms with E-state index in [1.165, 1.54) is 4.90 Å². The highest BCUT2D eigenvalue weighted by Gasteiger charge is 2.66. The minimum Gasteiger partial charge on any atom is -0.481 e. The van der Waals surface area contributed by atoms with E-state index < -0.39 is 23.2 Å². The predicted molar refractivity (Wildman–Crippen MR) is 73.0 cm³/mol. The van der Waals surface area contributed by atoms with Crippen LogP contribution in [0.3, 0.4) is 0 Å². The van der Waals surface area contributed by atoms with Gasteiger partial charge < -0.3 is 10.0 Å². The quantitative estimate of drug-likeness (QED) is 0.910. The number of hydrogen-bond donors (Lipinski definition) is 1. The zero-order valence-corrected chi connectivity index (χ0v) is 11.6. The number of carbonyl (C=O) groups is 2. The number of carboxylic acids is 1. The van der Waals surface area contributed by atoms with E-state index in [0.717, 1.165) is 0 Å². The Bertz CT molecular complexity index is 599. The summed E-state index contributed by atoms with van der Waals surface area (Å²) in [4.78, 5) is 25.0. The minimum atomic E-state index is -0.929. The fourth-order valence-electron chi connectivity index (χ4n) is 2.65. The number of rotatable bonds is 3. The summed E-state index contributed by atoms with van der Waals surface area (Å²) in [5, 5.41) is 17.9. The normalized spacial score (nSPS) is 22.7. The number of nitrogens with zero attached hydrogens (tertiary/aromatic N) is 2. The van der Waals surface area contributed by atoms with Gasteiger partial charge in [0.1, 0.15) is 0 Å². The van der Waals surface area contributed by atoms with E-state index in [1.807, 2.05) is 6.07 Å². The Morgan fingerprint density at radius 2 is 1.80 bits per heavy atom. The van der Waals surface area contributed by atoms with E-state index in [-0.39, 0.29) is 5.91 Å². The van der Waals surface area contributed by atoms with Crippen LogP contribution in [-0.2, 0) is 9.59 Å². The van der Waals surface area contributed by atoms with Crippen molar-refractivity contribution in [2.75, 3.05) is 11.9 Å². The third-order valence-corrected chi connectivity index (χ3v) is 4.07. The van der Waals surface area contributed by atoms with E-state index in [4.69, 9.17) is 10.4 Å². The Morgan fingerprint density at radius 1 is 1.25 bits per heavy atom. The number of carboxylic acid groups (broad SMARTS) is 1. The summed E-state index contributed by atoms with van der Waals surface area (Å²) in [6.45, 7) is 3.59. The fraction of sp³-hybridized carbons (Fsp3) is 0.400. The summed E-state index contributed by atoms with van der Waals surface area (Å²) in [5.41, 5.74) is 0.662. The van der Waals surface area contributed by atoms with Crippen LogP contribution in [0.4, 0.5) is 5.69 Å². The molecule has 2 unspecified atom stereocenters. The standard InChI is InChI=1S/C15H16N2O3/c1-15(2)11(12(15)14(19)20)13(18)17(3)10-6-4-9(8-16)5-7-10/h4-7,11-12H,1-3H3,(H,19,20). The summed E-state index contributed by atoms with van der Waals surface area (Å²) in [5.74, 6) is -2.26. The Balaban J connectivity index is 2.18. The van der Waals surface area contributed by atoms with E-state index in [9.17, 15) is 9.59 Å². The molecule has 5 heteroatoms. The molecule has 0 aliphatic heterocycles. The number of anilines is 1. The number of hydrogen-bond acceptors (Lipinski definition) is 3. The zero-order chi connectivity index (χ0) is 15.1. The van der Waals surface area contributed by atoms with Crippen LogP contribution in [0.25, 0.3) is 0 Å². The van der Waals surface area contributed by atoms with Crippen molar-refractivity contribution in [1.29, 1.82) is 5.26 Å². The molecule has 1 amide bonds. The molecule has 1 saturated carbocycles. The molecule has 1 aromatic rings. The highest BCUT2D eigenvalue weighted by molar-refractivity contribution is 6.01. The maximum absolute atomic E-state index is 12.4. The van der Waals surface area contributed by atoms with Crippen molar-refractivity contribution < 1.29 is 14.7 Å². The Morgan fingerprint density at radius 3 is 2.20 bits per heavy atom. The number of aliphatic carboxylic acids is 1. The van der Waals surface area contributed by atoms with Gasteiger partial charge in [0.05, 0.1) is 23.5 Å². The van der Waals surface area contributed by atoms with Crippen LogP contribution < -0.4 is 4.90 Å². The van der Waals surface area contributed by atoms with Crippen LogP contribution in [0.1, 0.15) is 19.4 Å². The molecule has 2 rings (SSSR count). The van der Waals surface area contributed by atoms with Crippen LogP contribution in [-0.4, -0.2) is 24.0 Å². The van der Waals surface area contributed by atoms with Gasteiger partial charge in [-0.2, -0.15) is 5.26 Å². The van der Waals surface area contributed by atoms with Gasteiger partial charge in [-0.1, -0.05) is 13.8 Å². The number of benzene rings is 1. The molecule has 104 valence electrons. The van der Waals surface area contributed by atoms with E-state index in [2.05, 4.69) is 0 Å². The largest absolute Gasteiger partial charge is 0.481 e. The molecule has 0 radical (unpaired) electrons. The maximum atomic E-state index is 12.4. The molecule has 5 nitrogen and oxygen atoms in total. The Labute approximate surface area is 117 Å². The average Bonchev–Trinajstić information content (AvgIpc) is 3.00. The van der Waals surface area contributed by atoms with Gasteiger partial charge >= 0.3 is 5.97 Å². The molecule has 0 aromatic heterocycles. The van der Waals surface area contributed by atoms with Gasteiger partial charge in [0.25, 0.3) is 0 Å². The molecule has 0 bridgehead atoms. The first kappa shape index (κ1) is 14.1. The van der Waals surface area contributed by atoms with Gasteiger partial charge in [-0.3, -0.25) is 9.59 Å². The highest BCUT2D eigenvalue weighted by atomic mass is 16.4. The van der Waals surface area contributed by atoms with Crippen LogP contribution in [0.2, 0.25) is 0 Å². The van der Waals surface area contributed by atoms with Crippen LogP contribution in [0.5, 0.6) is 0 Å². The zero-order valence-electron chi connectivity index (χ0n) is 11.6. The molecule has 1 aliphatic rings. The lowest BCUT2D eigenvalue weighted by Crippen LogP contribution is -2.29. The smallest absolute Gasteiger partial charge is 0.307 e. The summed E-state index contributed by atoms with van der Waals surface area (Å²) >= 11 is 0. The molecule has 2 atom stereocenters. The number of amides is 1. The monoisotopic (exact) mass is 272 g/mol. The molecule has 1 aromatic carbocycles. The molecule has 0 heterocycles. The van der Waals surface area contributed by atoms with Gasteiger partial charge in [0.2, 0.25) is 5.91 Å². The summed E-state index contributed by atoms with van der Waals surface area (Å²) in [6.07, 6.45) is 0. The lowest BCUT2D eigenvalue weighted by molar-refractivity contribution is -0.140. The molecule has 0 spiro atoms. The summed E-state index contributed by atoms with van der Waals surface area (Å²) in [7, 11) is 1.62. The van der Waals surface area contributed by atoms with Crippen molar-refractivity contribution >= 4 is 17.6 Å². The molecule has 1 fully saturated rings. The van der Waals surface area contributed by atoms with Gasteiger partial charge in [-0.25, -0.2) is 0 Å². The fourth-order valence-corrected chi connectivity index (χ4v) is 2.65. The topological polar surface area (TPSA) is 81.4 Å². The summed E-state index contributed by atoms with van der Waals surface area (Å²) < 4.78 is 0. The summed E-state index contributed by atoms with van der Waals surface area (Å²) in [6, 6.07) is 8.64. The van der Waals surface area contributed by atoms with Crippen molar-refractivity contribution in [3.63, 3.8) is 0 Å². The molecule has 0 saturated heterocycles. The van der Waals surface area contributed by atoms with Crippen LogP contribution in [0.15, 0.2) is 24.3 Å². The first-order valence-electron chi connectivity index (χ1n) is 6.31. The molecule has 1 N–H and O–H groups in total. The first-order valence-corrected chi connectivity index (χ1v) is 6.31. The van der Waals surface area contributed by atoms with Crippen molar-refractivity contribution in [1.82, 2.24) is 0 Å². The number of carbonyl (C=O) groups excluding carboxylic acids is 1. The van der Waals surface area contributed by atoms with Crippen LogP contribution in [0, 0.1) is 28.6 Å². The molecule has 1 aliphatic carbocycles. The van der Waals surface area contributed by atoms with E-state index in [0.29, 0.717) is 11.3 Å². The van der Waals surface area contributed by atoms with Gasteiger partial charge in [0, 0.05) is 12.7 Å². The van der Waals surface area contributed by atoms with E-state index in [1.54, 1.807) is 45.2 Å². The third-order valence-electron chi connectivity index (χ3n) is 4.07. The second kappa shape index (κ2) is 4.64. The van der Waals surface area contributed by atoms with Crippen molar-refractivity contribution in [2.24, 2.45) is 17.3 Å². The van der Waals surface area contributed by atoms with Crippen LogP contribution >= 0.6 is 0 Å². The SMILES string of the molecule is CN(C(=O)C1C(C(=O)O)C1(C)C)c1ccc(C#N)cc1. The lowest BCUT2D eigenvalue weighted by atomic mass is 10.1. The predicted octanol–water partition coefficient (Wildman–Crippen LogP) is 1.88. The maximum Gasteiger partial charge on any atom is 0.307 e. The van der Waals surface area contributed by atoms with Crippen molar-refractivity contribution in [3.05, 3.63) is 29.8 Å². The Kier molecular flexibility index (Phi) is 3.26. The van der Waals surface area contributed by atoms with E-state index >= 15 is 0 Å². The third kappa shape index (κ3) is 2.14. The second-order valence-corrected chi connectivity index (χ2v) is 5.67. The molecular formula is C15H16N2O3. The highest BCUT2D eigenvalue weighted by Crippen LogP contribution is 2.59.